The van der Waals surface area contributed by atoms with Gasteiger partial charge in [-0.1, -0.05) is 18.2 Å². The second-order valence-corrected chi connectivity index (χ2v) is 3.86. The van der Waals surface area contributed by atoms with Gasteiger partial charge in [-0.25, -0.2) is 4.39 Å². The first-order valence-corrected chi connectivity index (χ1v) is 5.67. The summed E-state index contributed by atoms with van der Waals surface area (Å²) in [5.74, 6) is -0.631. The van der Waals surface area contributed by atoms with Crippen molar-refractivity contribution in [1.29, 1.82) is 0 Å². The van der Waals surface area contributed by atoms with E-state index in [0.717, 1.165) is 5.56 Å². The Kier molecular flexibility index (Phi) is 6.00. The van der Waals surface area contributed by atoms with Crippen LogP contribution in [-0.2, 0) is 27.6 Å². The molecular weight excluding hydrogens is 237 g/mol. The van der Waals surface area contributed by atoms with Crippen molar-refractivity contribution in [3.63, 3.8) is 0 Å². The molecule has 0 aliphatic carbocycles. The third kappa shape index (κ3) is 5.05. The Morgan fingerprint density at radius 3 is 2.61 bits per heavy atom. The summed E-state index contributed by atoms with van der Waals surface area (Å²) in [7, 11) is 0. The van der Waals surface area contributed by atoms with E-state index in [1.54, 1.807) is 24.3 Å². The second-order valence-electron chi connectivity index (χ2n) is 3.86. The van der Waals surface area contributed by atoms with Crippen molar-refractivity contribution in [3.05, 3.63) is 35.4 Å². The van der Waals surface area contributed by atoms with E-state index < -0.39 is 12.6 Å². The number of hydrogen-bond donors (Lipinski definition) is 1. The molecule has 0 amide bonds. The van der Waals surface area contributed by atoms with Crippen LogP contribution in [0.25, 0.3) is 0 Å². The van der Waals surface area contributed by atoms with Crippen molar-refractivity contribution < 1.29 is 18.7 Å². The summed E-state index contributed by atoms with van der Waals surface area (Å²) in [6, 6.07) is 6.75. The summed E-state index contributed by atoms with van der Waals surface area (Å²) in [5, 5.41) is 0. The number of carbonyl (C=O) groups excluding carboxylic acids is 2. The van der Waals surface area contributed by atoms with E-state index >= 15 is 0 Å². The number of ether oxygens (including phenoxy) is 1. The SMILES string of the molecule is NCC(=O)CCC(=O)OCc1cccc(CF)c1. The molecule has 0 aliphatic rings. The van der Waals surface area contributed by atoms with Gasteiger partial charge in [0.15, 0.2) is 0 Å². The summed E-state index contributed by atoms with van der Waals surface area (Å²) in [4.78, 5) is 22.2. The van der Waals surface area contributed by atoms with E-state index in [1.165, 1.54) is 0 Å². The molecule has 2 N–H and O–H groups in total. The number of halogens is 1. The van der Waals surface area contributed by atoms with Gasteiger partial charge in [0.2, 0.25) is 0 Å². The molecule has 0 aromatic heterocycles. The standard InChI is InChI=1S/C13H16FNO3/c14-7-10-2-1-3-11(6-10)9-18-13(17)5-4-12(16)8-15/h1-3,6H,4-5,7-9,15H2. The molecule has 1 rings (SSSR count). The van der Waals surface area contributed by atoms with Crippen LogP contribution in [0.15, 0.2) is 24.3 Å². The van der Waals surface area contributed by atoms with Gasteiger partial charge in [0.05, 0.1) is 13.0 Å². The van der Waals surface area contributed by atoms with Gasteiger partial charge in [0, 0.05) is 6.42 Å². The van der Waals surface area contributed by atoms with Gasteiger partial charge in [-0.05, 0) is 17.2 Å². The molecule has 0 heterocycles. The zero-order valence-electron chi connectivity index (χ0n) is 10.0. The van der Waals surface area contributed by atoms with Gasteiger partial charge in [-0.2, -0.15) is 0 Å². The Balaban J connectivity index is 2.35. The van der Waals surface area contributed by atoms with Crippen LogP contribution in [0.4, 0.5) is 4.39 Å². The third-order valence-electron chi connectivity index (χ3n) is 2.38. The quantitative estimate of drug-likeness (QED) is 0.748. The number of rotatable bonds is 7. The fraction of sp³-hybridized carbons (Fsp3) is 0.385. The molecule has 0 saturated heterocycles. The predicted molar refractivity (Wildman–Crippen MR) is 64.3 cm³/mol. The first-order valence-electron chi connectivity index (χ1n) is 5.67. The first-order chi connectivity index (χ1) is 8.65. The maximum Gasteiger partial charge on any atom is 0.306 e. The molecule has 0 radical (unpaired) electrons. The van der Waals surface area contributed by atoms with Gasteiger partial charge >= 0.3 is 5.97 Å². The molecule has 0 aliphatic heterocycles. The Hall–Kier alpha value is -1.75. The predicted octanol–water partition coefficient (Wildman–Crippen LogP) is 1.51. The summed E-state index contributed by atoms with van der Waals surface area (Å²) >= 11 is 0. The van der Waals surface area contributed by atoms with E-state index in [1.807, 2.05) is 0 Å². The largest absolute Gasteiger partial charge is 0.461 e. The molecule has 0 bridgehead atoms. The smallest absolute Gasteiger partial charge is 0.306 e. The average Bonchev–Trinajstić information content (AvgIpc) is 2.42. The molecule has 1 aromatic carbocycles. The highest BCUT2D eigenvalue weighted by Gasteiger charge is 2.07. The fourth-order valence-electron chi connectivity index (χ4n) is 1.38. The molecule has 1 aromatic rings. The van der Waals surface area contributed by atoms with Gasteiger partial charge in [-0.15, -0.1) is 0 Å². The first kappa shape index (κ1) is 14.3. The maximum atomic E-state index is 12.4. The molecule has 5 heteroatoms. The van der Waals surface area contributed by atoms with Crippen LogP contribution < -0.4 is 5.73 Å². The Bertz CT molecular complexity index is 420. The van der Waals surface area contributed by atoms with Crippen LogP contribution in [0.1, 0.15) is 24.0 Å². The topological polar surface area (TPSA) is 69.4 Å². The number of Topliss-reactive ketones (excluding diaryl/α,β-unsaturated/α-hetero) is 1. The number of hydrogen-bond acceptors (Lipinski definition) is 4. The molecule has 0 fully saturated rings. The zero-order valence-corrected chi connectivity index (χ0v) is 10.0. The lowest BCUT2D eigenvalue weighted by Crippen LogP contribution is -2.15. The Labute approximate surface area is 105 Å². The van der Waals surface area contributed by atoms with E-state index in [0.29, 0.717) is 5.56 Å². The van der Waals surface area contributed by atoms with Crippen molar-refractivity contribution in [2.24, 2.45) is 5.73 Å². The third-order valence-corrected chi connectivity index (χ3v) is 2.38. The molecule has 98 valence electrons. The molecule has 0 unspecified atom stereocenters. The highest BCUT2D eigenvalue weighted by Crippen LogP contribution is 2.08. The van der Waals surface area contributed by atoms with Crippen LogP contribution in [0.3, 0.4) is 0 Å². The van der Waals surface area contributed by atoms with Gasteiger partial charge in [0.25, 0.3) is 0 Å². The van der Waals surface area contributed by atoms with Crippen LogP contribution in [0, 0.1) is 0 Å². The Morgan fingerprint density at radius 1 is 1.22 bits per heavy atom. The number of esters is 1. The van der Waals surface area contributed by atoms with E-state index in [2.05, 4.69) is 0 Å². The van der Waals surface area contributed by atoms with E-state index in [9.17, 15) is 14.0 Å². The second kappa shape index (κ2) is 7.55. The number of alkyl halides is 1. The van der Waals surface area contributed by atoms with E-state index in [-0.39, 0.29) is 31.8 Å². The summed E-state index contributed by atoms with van der Waals surface area (Å²) in [6.07, 6.45) is 0.124. The fourth-order valence-corrected chi connectivity index (χ4v) is 1.38. The van der Waals surface area contributed by atoms with Gasteiger partial charge in [-0.3, -0.25) is 9.59 Å². The lowest BCUT2D eigenvalue weighted by molar-refractivity contribution is -0.146. The van der Waals surface area contributed by atoms with Crippen LogP contribution >= 0.6 is 0 Å². The van der Waals surface area contributed by atoms with Crippen molar-refractivity contribution in [3.8, 4) is 0 Å². The number of ketones is 1. The van der Waals surface area contributed by atoms with Crippen LogP contribution in [0.5, 0.6) is 0 Å². The summed E-state index contributed by atoms with van der Waals surface area (Å²) < 4.78 is 17.4. The van der Waals surface area contributed by atoms with Gasteiger partial charge < -0.3 is 10.5 Å². The monoisotopic (exact) mass is 253 g/mol. The minimum atomic E-state index is -0.549. The van der Waals surface area contributed by atoms with Crippen molar-refractivity contribution in [1.82, 2.24) is 0 Å². The average molecular weight is 253 g/mol. The van der Waals surface area contributed by atoms with Crippen LogP contribution in [-0.4, -0.2) is 18.3 Å². The zero-order chi connectivity index (χ0) is 13.4. The van der Waals surface area contributed by atoms with Crippen molar-refractivity contribution in [2.75, 3.05) is 6.54 Å². The molecule has 0 saturated carbocycles. The molecule has 18 heavy (non-hydrogen) atoms. The lowest BCUT2D eigenvalue weighted by atomic mass is 10.1. The molecule has 0 spiro atoms. The van der Waals surface area contributed by atoms with Crippen LogP contribution in [0.2, 0.25) is 0 Å². The van der Waals surface area contributed by atoms with Crippen molar-refractivity contribution >= 4 is 11.8 Å². The summed E-state index contributed by atoms with van der Waals surface area (Å²) in [5.41, 5.74) is 6.39. The van der Waals surface area contributed by atoms with Gasteiger partial charge in [0.1, 0.15) is 19.1 Å². The Morgan fingerprint density at radius 2 is 1.94 bits per heavy atom. The number of carbonyl (C=O) groups is 2. The molecule has 0 atom stereocenters. The lowest BCUT2D eigenvalue weighted by Gasteiger charge is -2.05. The minimum absolute atomic E-state index is 0.0266. The summed E-state index contributed by atoms with van der Waals surface area (Å²) in [6.45, 7) is -0.526. The van der Waals surface area contributed by atoms with E-state index in [4.69, 9.17) is 10.5 Å². The molecule has 4 nitrogen and oxygen atoms in total. The maximum absolute atomic E-state index is 12.4. The highest BCUT2D eigenvalue weighted by atomic mass is 19.1. The van der Waals surface area contributed by atoms with Crippen molar-refractivity contribution in [2.45, 2.75) is 26.1 Å². The highest BCUT2D eigenvalue weighted by molar-refractivity contribution is 5.84. The number of nitrogens with two attached hydrogens (primary N) is 1. The molecular formula is C13H16FNO3. The minimum Gasteiger partial charge on any atom is -0.461 e. The number of benzene rings is 1. The normalized spacial score (nSPS) is 10.1.